The van der Waals surface area contributed by atoms with Gasteiger partial charge in [0.05, 0.1) is 12.0 Å². The summed E-state index contributed by atoms with van der Waals surface area (Å²) in [6, 6.07) is 3.04. The number of aromatic amines is 1. The predicted molar refractivity (Wildman–Crippen MR) is 92.3 cm³/mol. The van der Waals surface area contributed by atoms with Crippen LogP contribution in [0.15, 0.2) is 16.9 Å². The van der Waals surface area contributed by atoms with Gasteiger partial charge >= 0.3 is 0 Å². The zero-order chi connectivity index (χ0) is 18.0. The number of nitrogens with one attached hydrogen (secondary N) is 1. The Kier molecular flexibility index (Phi) is 4.94. The van der Waals surface area contributed by atoms with Crippen LogP contribution in [0, 0.1) is 5.41 Å². The molecule has 136 valence electrons. The van der Waals surface area contributed by atoms with E-state index in [9.17, 15) is 14.4 Å². The maximum Gasteiger partial charge on any atom is 0.254 e. The summed E-state index contributed by atoms with van der Waals surface area (Å²) in [4.78, 5) is 43.5. The molecule has 3 rings (SSSR count). The number of H-pyrrole nitrogens is 1. The van der Waals surface area contributed by atoms with Gasteiger partial charge in [-0.05, 0) is 31.7 Å². The molecule has 1 atom stereocenters. The third-order valence-corrected chi connectivity index (χ3v) is 5.36. The molecular weight excluding hydrogens is 322 g/mol. The van der Waals surface area contributed by atoms with Crippen molar-refractivity contribution in [3.05, 3.63) is 33.7 Å². The van der Waals surface area contributed by atoms with Crippen LogP contribution in [0.4, 0.5) is 0 Å². The molecule has 25 heavy (non-hydrogen) atoms. The molecule has 0 saturated carbocycles. The van der Waals surface area contributed by atoms with E-state index in [1.165, 1.54) is 6.07 Å². The van der Waals surface area contributed by atoms with E-state index in [2.05, 4.69) is 4.98 Å². The fraction of sp³-hybridized carbons (Fsp3) is 0.611. The summed E-state index contributed by atoms with van der Waals surface area (Å²) >= 11 is 0. The molecule has 1 unspecified atom stereocenters. The number of rotatable bonds is 4. The van der Waals surface area contributed by atoms with Gasteiger partial charge in [-0.3, -0.25) is 14.4 Å². The first-order chi connectivity index (χ1) is 12.0. The maximum absolute atomic E-state index is 12.8. The van der Waals surface area contributed by atoms with Crippen LogP contribution in [0.3, 0.4) is 0 Å². The highest BCUT2D eigenvalue weighted by Crippen LogP contribution is 2.40. The van der Waals surface area contributed by atoms with Crippen molar-refractivity contribution in [1.29, 1.82) is 0 Å². The van der Waals surface area contributed by atoms with Crippen LogP contribution < -0.4 is 5.56 Å². The lowest BCUT2D eigenvalue weighted by Gasteiger charge is -2.39. The van der Waals surface area contributed by atoms with E-state index in [0.717, 1.165) is 18.5 Å². The Morgan fingerprint density at radius 3 is 2.80 bits per heavy atom. The van der Waals surface area contributed by atoms with Crippen molar-refractivity contribution in [1.82, 2.24) is 14.8 Å². The number of β-amino-alcohol motifs (C(OH)–C–C–N with tert-alkyl or cyclic N) is 1. The van der Waals surface area contributed by atoms with Gasteiger partial charge in [0, 0.05) is 43.5 Å². The van der Waals surface area contributed by atoms with Crippen LogP contribution in [0.25, 0.3) is 0 Å². The standard InChI is InChI=1S/C18H25N3O4/c1-2-14-10-13(11-15(23)19-14)16(24)21-7-5-18(12-21)4-3-6-20(8-9-22)17(18)25/h10-11,22H,2-9,12H2,1H3,(H,19,23). The minimum absolute atomic E-state index is 0.0446. The van der Waals surface area contributed by atoms with Gasteiger partial charge in [-0.25, -0.2) is 0 Å². The Hall–Kier alpha value is -2.15. The maximum atomic E-state index is 12.8. The Bertz CT molecular complexity index is 727. The Morgan fingerprint density at radius 2 is 2.08 bits per heavy atom. The Labute approximate surface area is 146 Å². The molecule has 2 saturated heterocycles. The molecule has 0 aliphatic carbocycles. The average molecular weight is 347 g/mol. The number of aromatic nitrogens is 1. The molecule has 2 aliphatic rings. The molecule has 1 aromatic heterocycles. The van der Waals surface area contributed by atoms with E-state index in [1.807, 2.05) is 6.92 Å². The van der Waals surface area contributed by atoms with Gasteiger partial charge < -0.3 is 19.9 Å². The van der Waals surface area contributed by atoms with Gasteiger partial charge in [0.15, 0.2) is 0 Å². The minimum atomic E-state index is -0.530. The number of carbonyl (C=O) groups excluding carboxylic acids is 2. The third-order valence-electron chi connectivity index (χ3n) is 5.36. The second-order valence-electron chi connectivity index (χ2n) is 6.99. The van der Waals surface area contributed by atoms with E-state index in [-0.39, 0.29) is 24.0 Å². The smallest absolute Gasteiger partial charge is 0.254 e. The molecule has 0 bridgehead atoms. The van der Waals surface area contributed by atoms with Crippen LogP contribution in [0.2, 0.25) is 0 Å². The second kappa shape index (κ2) is 7.00. The molecule has 0 aromatic carbocycles. The Morgan fingerprint density at radius 1 is 1.28 bits per heavy atom. The first-order valence-corrected chi connectivity index (χ1v) is 8.92. The van der Waals surface area contributed by atoms with Crippen LogP contribution in [-0.2, 0) is 11.2 Å². The van der Waals surface area contributed by atoms with Gasteiger partial charge in [0.2, 0.25) is 11.5 Å². The minimum Gasteiger partial charge on any atom is -0.395 e. The zero-order valence-corrected chi connectivity index (χ0v) is 14.6. The number of amides is 2. The van der Waals surface area contributed by atoms with E-state index in [4.69, 9.17) is 5.11 Å². The van der Waals surface area contributed by atoms with Gasteiger partial charge in [-0.15, -0.1) is 0 Å². The third kappa shape index (κ3) is 3.33. The first-order valence-electron chi connectivity index (χ1n) is 8.92. The normalized spacial score (nSPS) is 23.5. The fourth-order valence-electron chi connectivity index (χ4n) is 4.01. The highest BCUT2D eigenvalue weighted by atomic mass is 16.3. The molecule has 1 spiro atoms. The van der Waals surface area contributed by atoms with Crippen molar-refractivity contribution >= 4 is 11.8 Å². The number of hydrogen-bond acceptors (Lipinski definition) is 4. The summed E-state index contributed by atoms with van der Waals surface area (Å²) in [6.45, 7) is 3.80. The van der Waals surface area contributed by atoms with Gasteiger partial charge in [0.1, 0.15) is 0 Å². The SMILES string of the molecule is CCc1cc(C(=O)N2CCC3(CCCN(CCO)C3=O)C2)cc(=O)[nH]1. The predicted octanol–water partition coefficient (Wildman–Crippen LogP) is 0.384. The first kappa shape index (κ1) is 17.7. The molecule has 0 radical (unpaired) electrons. The molecule has 1 aromatic rings. The van der Waals surface area contributed by atoms with Crippen molar-refractivity contribution in [2.24, 2.45) is 5.41 Å². The molecule has 7 heteroatoms. The van der Waals surface area contributed by atoms with Gasteiger partial charge in [0.25, 0.3) is 5.91 Å². The summed E-state index contributed by atoms with van der Waals surface area (Å²) in [5, 5.41) is 9.14. The molecule has 7 nitrogen and oxygen atoms in total. The van der Waals surface area contributed by atoms with E-state index in [0.29, 0.717) is 44.6 Å². The summed E-state index contributed by atoms with van der Waals surface area (Å²) in [7, 11) is 0. The Balaban J connectivity index is 1.78. The lowest BCUT2D eigenvalue weighted by atomic mass is 9.78. The summed E-state index contributed by atoms with van der Waals surface area (Å²) < 4.78 is 0. The molecule has 2 aliphatic heterocycles. The number of carbonyl (C=O) groups is 2. The molecule has 3 heterocycles. The number of aryl methyl sites for hydroxylation is 1. The number of nitrogens with zero attached hydrogens (tertiary/aromatic N) is 2. The summed E-state index contributed by atoms with van der Waals surface area (Å²) in [5.41, 5.74) is 0.304. The van der Waals surface area contributed by atoms with Crippen molar-refractivity contribution in [3.63, 3.8) is 0 Å². The van der Waals surface area contributed by atoms with Crippen LogP contribution in [0.1, 0.15) is 42.2 Å². The largest absolute Gasteiger partial charge is 0.395 e. The monoisotopic (exact) mass is 347 g/mol. The number of aliphatic hydroxyl groups is 1. The highest BCUT2D eigenvalue weighted by Gasteiger charge is 2.49. The van der Waals surface area contributed by atoms with Crippen LogP contribution in [0.5, 0.6) is 0 Å². The quantitative estimate of drug-likeness (QED) is 0.824. The molecule has 2 amide bonds. The van der Waals surface area contributed by atoms with Crippen LogP contribution >= 0.6 is 0 Å². The summed E-state index contributed by atoms with van der Waals surface area (Å²) in [6.07, 6.45) is 2.95. The van der Waals surface area contributed by atoms with E-state index < -0.39 is 5.41 Å². The number of hydrogen-bond donors (Lipinski definition) is 2. The number of piperidine rings is 1. The lowest BCUT2D eigenvalue weighted by Crippen LogP contribution is -2.51. The topological polar surface area (TPSA) is 93.7 Å². The van der Waals surface area contributed by atoms with Crippen molar-refractivity contribution in [3.8, 4) is 0 Å². The zero-order valence-electron chi connectivity index (χ0n) is 14.6. The van der Waals surface area contributed by atoms with E-state index in [1.54, 1.807) is 15.9 Å². The molecule has 2 fully saturated rings. The van der Waals surface area contributed by atoms with Crippen molar-refractivity contribution in [2.75, 3.05) is 32.8 Å². The lowest BCUT2D eigenvalue weighted by molar-refractivity contribution is -0.146. The average Bonchev–Trinajstić information content (AvgIpc) is 3.03. The van der Waals surface area contributed by atoms with E-state index >= 15 is 0 Å². The van der Waals surface area contributed by atoms with Crippen molar-refractivity contribution < 1.29 is 14.7 Å². The van der Waals surface area contributed by atoms with Gasteiger partial charge in [-0.1, -0.05) is 6.92 Å². The fourth-order valence-corrected chi connectivity index (χ4v) is 4.01. The molecule has 2 N–H and O–H groups in total. The number of pyridine rings is 1. The summed E-state index contributed by atoms with van der Waals surface area (Å²) in [5.74, 6) is -0.145. The molecular formula is C18H25N3O4. The highest BCUT2D eigenvalue weighted by molar-refractivity contribution is 5.95. The van der Waals surface area contributed by atoms with Gasteiger partial charge in [-0.2, -0.15) is 0 Å². The second-order valence-corrected chi connectivity index (χ2v) is 6.99. The van der Waals surface area contributed by atoms with Crippen molar-refractivity contribution in [2.45, 2.75) is 32.6 Å². The number of aliphatic hydroxyl groups excluding tert-OH is 1. The van der Waals surface area contributed by atoms with Crippen LogP contribution in [-0.4, -0.2) is 64.5 Å². The number of likely N-dealkylation sites (tertiary alicyclic amines) is 2.